The van der Waals surface area contributed by atoms with Crippen molar-refractivity contribution in [1.29, 1.82) is 0 Å². The summed E-state index contributed by atoms with van der Waals surface area (Å²) >= 11 is 0. The van der Waals surface area contributed by atoms with E-state index in [4.69, 9.17) is 0 Å². The predicted octanol–water partition coefficient (Wildman–Crippen LogP) is 5.54. The standard InChI is InChI=1S/C42H26B2N2/c1-3-13-27(14-4-1)43-33-21-11-19-31-29-17-7-9-23-37(29)45(39(31)33)41-35(43)25-26-36-42(41)46-38-24-10-8-18-30(38)32-20-12-22-34(40(32)46)44(36)28-15-5-2-6-16-28/h1-26H. The van der Waals surface area contributed by atoms with Gasteiger partial charge in [0.2, 0.25) is 13.4 Å². The van der Waals surface area contributed by atoms with E-state index in [9.17, 15) is 0 Å². The average Bonchev–Trinajstić information content (AvgIpc) is 3.64. The molecular weight excluding hydrogens is 554 g/mol. The molecule has 0 saturated heterocycles. The molecule has 0 saturated carbocycles. The van der Waals surface area contributed by atoms with Crippen LogP contribution in [0, 0.1) is 0 Å². The fourth-order valence-corrected chi connectivity index (χ4v) is 8.91. The molecular formula is C42H26B2N2. The summed E-state index contributed by atoms with van der Waals surface area (Å²) in [5, 5.41) is 5.23. The summed E-state index contributed by atoms with van der Waals surface area (Å²) in [7, 11) is 0. The molecule has 2 nitrogen and oxygen atoms in total. The van der Waals surface area contributed by atoms with Gasteiger partial charge in [0, 0.05) is 32.6 Å². The number of benzene rings is 7. The number of hydrogen-bond acceptors (Lipinski definition) is 0. The number of hydrogen-bond donors (Lipinski definition) is 0. The molecule has 210 valence electrons. The summed E-state index contributed by atoms with van der Waals surface area (Å²) in [6.45, 7) is 0.235. The van der Waals surface area contributed by atoms with Crippen LogP contribution in [0.2, 0.25) is 0 Å². The maximum atomic E-state index is 2.60. The lowest BCUT2D eigenvalue weighted by atomic mass is 9.33. The van der Waals surface area contributed by atoms with Crippen LogP contribution in [0.5, 0.6) is 0 Å². The van der Waals surface area contributed by atoms with Crippen LogP contribution in [-0.4, -0.2) is 22.6 Å². The zero-order valence-electron chi connectivity index (χ0n) is 25.1. The molecule has 2 aliphatic rings. The molecule has 0 spiro atoms. The van der Waals surface area contributed by atoms with E-state index in [-0.39, 0.29) is 13.4 Å². The fraction of sp³-hybridized carbons (Fsp3) is 0. The van der Waals surface area contributed by atoms with Gasteiger partial charge in [-0.1, -0.05) is 157 Å². The van der Waals surface area contributed by atoms with Crippen LogP contribution < -0.4 is 32.8 Å². The minimum Gasteiger partial charge on any atom is -0.308 e. The Hall–Kier alpha value is -5.73. The first-order valence-corrected chi connectivity index (χ1v) is 16.2. The Balaban J connectivity index is 1.40. The van der Waals surface area contributed by atoms with Gasteiger partial charge in [-0.25, -0.2) is 0 Å². The highest BCUT2D eigenvalue weighted by Crippen LogP contribution is 2.39. The van der Waals surface area contributed by atoms with Crippen molar-refractivity contribution in [2.75, 3.05) is 0 Å². The summed E-state index contributed by atoms with van der Waals surface area (Å²) in [6.07, 6.45) is 0. The number of nitrogens with zero attached hydrogens (tertiary/aromatic N) is 2. The Morgan fingerprint density at radius 1 is 0.304 bits per heavy atom. The van der Waals surface area contributed by atoms with Gasteiger partial charge in [0.15, 0.2) is 0 Å². The summed E-state index contributed by atoms with van der Waals surface area (Å²) in [5.41, 5.74) is 15.8. The summed E-state index contributed by atoms with van der Waals surface area (Å²) in [5.74, 6) is 0. The number of aromatic nitrogens is 2. The van der Waals surface area contributed by atoms with Gasteiger partial charge in [-0.3, -0.25) is 0 Å². The first-order chi connectivity index (χ1) is 22.9. The van der Waals surface area contributed by atoms with Gasteiger partial charge in [-0.05, 0) is 34.0 Å². The van der Waals surface area contributed by atoms with E-state index >= 15 is 0 Å². The van der Waals surface area contributed by atoms with Crippen molar-refractivity contribution in [2.24, 2.45) is 0 Å². The van der Waals surface area contributed by atoms with E-state index in [0.717, 1.165) is 0 Å². The topological polar surface area (TPSA) is 9.86 Å². The fourth-order valence-electron chi connectivity index (χ4n) is 8.91. The van der Waals surface area contributed by atoms with Crippen LogP contribution in [0.1, 0.15) is 0 Å². The van der Waals surface area contributed by atoms with Gasteiger partial charge in [0.1, 0.15) is 0 Å². The zero-order chi connectivity index (χ0) is 29.9. The molecule has 0 amide bonds. The third-order valence-corrected chi connectivity index (χ3v) is 10.6. The molecule has 0 aliphatic carbocycles. The van der Waals surface area contributed by atoms with Crippen molar-refractivity contribution >= 4 is 89.8 Å². The molecule has 0 N–H and O–H groups in total. The van der Waals surface area contributed by atoms with E-state index in [2.05, 4.69) is 167 Å². The summed E-state index contributed by atoms with van der Waals surface area (Å²) in [4.78, 5) is 0. The second-order valence-electron chi connectivity index (χ2n) is 12.8. The molecule has 0 radical (unpaired) electrons. The van der Waals surface area contributed by atoms with Crippen LogP contribution >= 0.6 is 0 Å². The molecule has 7 aromatic carbocycles. The third kappa shape index (κ3) is 2.99. The minimum absolute atomic E-state index is 0.117. The summed E-state index contributed by atoms with van der Waals surface area (Å²) < 4.78 is 5.20. The number of fused-ring (bicyclic) bond motifs is 11. The van der Waals surface area contributed by atoms with Crippen LogP contribution in [0.25, 0.3) is 55.0 Å². The molecule has 46 heavy (non-hydrogen) atoms. The Kier molecular flexibility index (Phi) is 4.77. The van der Waals surface area contributed by atoms with Crippen molar-refractivity contribution in [3.63, 3.8) is 0 Å². The first-order valence-electron chi connectivity index (χ1n) is 16.2. The molecule has 0 unspecified atom stereocenters. The predicted molar refractivity (Wildman–Crippen MR) is 197 cm³/mol. The Labute approximate surface area is 267 Å². The average molecular weight is 580 g/mol. The Morgan fingerprint density at radius 3 is 1.15 bits per heavy atom. The van der Waals surface area contributed by atoms with Crippen LogP contribution in [0.15, 0.2) is 158 Å². The Bertz CT molecular complexity index is 2520. The monoisotopic (exact) mass is 580 g/mol. The largest absolute Gasteiger partial charge is 0.308 e. The smallest absolute Gasteiger partial charge is 0.246 e. The van der Waals surface area contributed by atoms with E-state index in [1.807, 2.05) is 0 Å². The normalized spacial score (nSPS) is 13.1. The minimum atomic E-state index is 0.117. The van der Waals surface area contributed by atoms with Gasteiger partial charge in [0.05, 0.1) is 22.4 Å². The lowest BCUT2D eigenvalue weighted by Crippen LogP contribution is -2.60. The molecule has 0 fully saturated rings. The highest BCUT2D eigenvalue weighted by Gasteiger charge is 2.40. The van der Waals surface area contributed by atoms with Crippen LogP contribution in [0.3, 0.4) is 0 Å². The van der Waals surface area contributed by atoms with Crippen molar-refractivity contribution in [2.45, 2.75) is 0 Å². The molecule has 2 aliphatic heterocycles. The van der Waals surface area contributed by atoms with E-state index < -0.39 is 0 Å². The second-order valence-corrected chi connectivity index (χ2v) is 12.8. The van der Waals surface area contributed by atoms with Crippen LogP contribution in [0.4, 0.5) is 0 Å². The molecule has 2 aromatic heterocycles. The third-order valence-electron chi connectivity index (χ3n) is 10.6. The lowest BCUT2D eigenvalue weighted by Gasteiger charge is -2.34. The SMILES string of the molecule is c1ccc(B2c3ccc4c(c3-n3c5ccccc5c5cccc2c53)-n2c3ccccc3c3cccc(c32)B4c2ccccc2)cc1. The maximum absolute atomic E-state index is 2.60. The molecule has 9 aromatic rings. The number of para-hydroxylation sites is 4. The second kappa shape index (κ2) is 8.93. The van der Waals surface area contributed by atoms with Gasteiger partial charge in [-0.2, -0.15) is 0 Å². The van der Waals surface area contributed by atoms with Crippen LogP contribution in [-0.2, 0) is 0 Å². The first kappa shape index (κ1) is 24.6. The number of rotatable bonds is 2. The molecule has 0 atom stereocenters. The maximum Gasteiger partial charge on any atom is 0.246 e. The molecule has 4 heteroatoms. The molecule has 4 heterocycles. The van der Waals surface area contributed by atoms with Crippen molar-refractivity contribution in [1.82, 2.24) is 9.13 Å². The molecule has 11 rings (SSSR count). The van der Waals surface area contributed by atoms with Gasteiger partial charge < -0.3 is 9.13 Å². The van der Waals surface area contributed by atoms with Gasteiger partial charge in [-0.15, -0.1) is 0 Å². The highest BCUT2D eigenvalue weighted by atomic mass is 15.1. The van der Waals surface area contributed by atoms with Gasteiger partial charge in [0.25, 0.3) is 0 Å². The zero-order valence-corrected chi connectivity index (χ0v) is 25.1. The van der Waals surface area contributed by atoms with Crippen molar-refractivity contribution < 1.29 is 0 Å². The van der Waals surface area contributed by atoms with E-state index in [1.54, 1.807) is 0 Å². The lowest BCUT2D eigenvalue weighted by molar-refractivity contribution is 1.11. The highest BCUT2D eigenvalue weighted by molar-refractivity contribution is 7.00. The van der Waals surface area contributed by atoms with E-state index in [1.165, 1.54) is 87.8 Å². The van der Waals surface area contributed by atoms with Crippen molar-refractivity contribution in [3.8, 4) is 11.4 Å². The quantitative estimate of drug-likeness (QED) is 0.238. The van der Waals surface area contributed by atoms with Crippen molar-refractivity contribution in [3.05, 3.63) is 158 Å². The Morgan fingerprint density at radius 2 is 0.696 bits per heavy atom. The molecule has 0 bridgehead atoms. The van der Waals surface area contributed by atoms with E-state index in [0.29, 0.717) is 0 Å². The summed E-state index contributed by atoms with van der Waals surface area (Å²) in [6, 6.07) is 58.8. The van der Waals surface area contributed by atoms with Gasteiger partial charge >= 0.3 is 0 Å².